The van der Waals surface area contributed by atoms with E-state index in [1.54, 1.807) is 13.0 Å². The molecule has 114 valence electrons. The van der Waals surface area contributed by atoms with Gasteiger partial charge in [0.25, 0.3) is 0 Å². The molecule has 0 saturated carbocycles. The van der Waals surface area contributed by atoms with Crippen LogP contribution in [-0.4, -0.2) is 10.9 Å². The zero-order valence-electron chi connectivity index (χ0n) is 12.5. The quantitative estimate of drug-likeness (QED) is 0.775. The number of nitrogens with zero attached hydrogens (tertiary/aromatic N) is 1. The molecule has 3 rings (SSSR count). The van der Waals surface area contributed by atoms with Gasteiger partial charge in [-0.25, -0.2) is 4.39 Å². The van der Waals surface area contributed by atoms with E-state index >= 15 is 0 Å². The summed E-state index contributed by atoms with van der Waals surface area (Å²) in [6, 6.07) is 14.0. The van der Waals surface area contributed by atoms with Crippen LogP contribution in [0.1, 0.15) is 16.8 Å². The van der Waals surface area contributed by atoms with Gasteiger partial charge in [-0.1, -0.05) is 18.2 Å². The Balaban J connectivity index is 1.85. The molecule has 0 fully saturated rings. The second-order valence-electron chi connectivity index (χ2n) is 5.32. The third-order valence-corrected chi connectivity index (χ3v) is 3.70. The van der Waals surface area contributed by atoms with Crippen molar-refractivity contribution in [3.05, 3.63) is 65.1 Å². The summed E-state index contributed by atoms with van der Waals surface area (Å²) in [6.07, 6.45) is 0.0727. The third-order valence-electron chi connectivity index (χ3n) is 3.70. The van der Waals surface area contributed by atoms with E-state index in [1.807, 2.05) is 24.3 Å². The van der Waals surface area contributed by atoms with Crippen molar-refractivity contribution in [2.75, 3.05) is 5.32 Å². The molecule has 0 spiro atoms. The molecule has 3 aromatic rings. The first kappa shape index (κ1) is 14.8. The van der Waals surface area contributed by atoms with Crippen molar-refractivity contribution in [2.24, 2.45) is 0 Å². The molecule has 0 aliphatic rings. The van der Waals surface area contributed by atoms with Gasteiger partial charge in [-0.3, -0.25) is 4.79 Å². The SMILES string of the molecule is Cc1cc(NC(=O)Cc2c(C#N)[nH]c3ccccc23)ccc1F. The molecule has 0 saturated heterocycles. The Morgan fingerprint density at radius 2 is 2.09 bits per heavy atom. The van der Waals surface area contributed by atoms with Crippen LogP contribution < -0.4 is 5.32 Å². The summed E-state index contributed by atoms with van der Waals surface area (Å²) in [6.45, 7) is 1.64. The minimum absolute atomic E-state index is 0.0727. The van der Waals surface area contributed by atoms with Crippen LogP contribution in [0.2, 0.25) is 0 Å². The highest BCUT2D eigenvalue weighted by atomic mass is 19.1. The first-order valence-electron chi connectivity index (χ1n) is 7.14. The van der Waals surface area contributed by atoms with Crippen molar-refractivity contribution in [3.8, 4) is 6.07 Å². The lowest BCUT2D eigenvalue weighted by Gasteiger charge is -2.06. The highest BCUT2D eigenvalue weighted by Crippen LogP contribution is 2.23. The second kappa shape index (κ2) is 5.93. The number of hydrogen-bond acceptors (Lipinski definition) is 2. The highest BCUT2D eigenvalue weighted by molar-refractivity contribution is 5.96. The van der Waals surface area contributed by atoms with Gasteiger partial charge in [0.1, 0.15) is 17.6 Å². The maximum absolute atomic E-state index is 13.3. The van der Waals surface area contributed by atoms with E-state index in [1.165, 1.54) is 12.1 Å². The molecule has 23 heavy (non-hydrogen) atoms. The van der Waals surface area contributed by atoms with E-state index in [0.29, 0.717) is 22.5 Å². The molecule has 0 radical (unpaired) electrons. The normalized spacial score (nSPS) is 10.5. The van der Waals surface area contributed by atoms with Gasteiger partial charge in [0, 0.05) is 22.2 Å². The van der Waals surface area contributed by atoms with Gasteiger partial charge < -0.3 is 10.3 Å². The minimum atomic E-state index is -0.314. The Kier molecular flexibility index (Phi) is 3.82. The summed E-state index contributed by atoms with van der Waals surface area (Å²) in [5.41, 5.74) is 2.88. The molecule has 0 atom stereocenters. The molecule has 0 bridgehead atoms. The van der Waals surface area contributed by atoms with E-state index in [2.05, 4.69) is 16.4 Å². The monoisotopic (exact) mass is 307 g/mol. The van der Waals surface area contributed by atoms with Crippen LogP contribution in [0.3, 0.4) is 0 Å². The van der Waals surface area contributed by atoms with Crippen LogP contribution in [-0.2, 0) is 11.2 Å². The van der Waals surface area contributed by atoms with Gasteiger partial charge in [-0.2, -0.15) is 5.26 Å². The molecule has 5 heteroatoms. The predicted octanol–water partition coefficient (Wildman–Crippen LogP) is 3.67. The number of aromatic amines is 1. The number of nitriles is 1. The average Bonchev–Trinajstić information content (AvgIpc) is 2.89. The summed E-state index contributed by atoms with van der Waals surface area (Å²) in [5, 5.41) is 12.8. The third kappa shape index (κ3) is 2.92. The zero-order chi connectivity index (χ0) is 16.4. The van der Waals surface area contributed by atoms with Gasteiger partial charge >= 0.3 is 0 Å². The number of hydrogen-bond donors (Lipinski definition) is 2. The van der Waals surface area contributed by atoms with Crippen molar-refractivity contribution < 1.29 is 9.18 Å². The summed E-state index contributed by atoms with van der Waals surface area (Å²) in [5.74, 6) is -0.566. The Labute approximate surface area is 132 Å². The van der Waals surface area contributed by atoms with Crippen molar-refractivity contribution in [3.63, 3.8) is 0 Å². The lowest BCUT2D eigenvalue weighted by atomic mass is 10.1. The standard InChI is InChI=1S/C18H14FN3O/c1-11-8-12(6-7-15(11)19)21-18(23)9-14-13-4-2-3-5-16(13)22-17(14)10-20/h2-8,22H,9H2,1H3,(H,21,23). The predicted molar refractivity (Wildman–Crippen MR) is 86.5 cm³/mol. The number of aromatic nitrogens is 1. The molecule has 1 amide bonds. The number of carbonyl (C=O) groups excluding carboxylic acids is 1. The van der Waals surface area contributed by atoms with Crippen LogP contribution in [0.15, 0.2) is 42.5 Å². The second-order valence-corrected chi connectivity index (χ2v) is 5.32. The van der Waals surface area contributed by atoms with Gasteiger partial charge in [-0.15, -0.1) is 0 Å². The number of para-hydroxylation sites is 1. The molecule has 0 unspecified atom stereocenters. The fourth-order valence-corrected chi connectivity index (χ4v) is 2.57. The maximum atomic E-state index is 13.3. The Hall–Kier alpha value is -3.13. The first-order chi connectivity index (χ1) is 11.1. The largest absolute Gasteiger partial charge is 0.346 e. The van der Waals surface area contributed by atoms with Crippen LogP contribution in [0.4, 0.5) is 10.1 Å². The summed E-state index contributed by atoms with van der Waals surface area (Å²) < 4.78 is 13.3. The maximum Gasteiger partial charge on any atom is 0.228 e. The lowest BCUT2D eigenvalue weighted by Crippen LogP contribution is -2.15. The van der Waals surface area contributed by atoms with Crippen molar-refractivity contribution >= 4 is 22.5 Å². The topological polar surface area (TPSA) is 68.7 Å². The molecule has 0 aliphatic heterocycles. The van der Waals surface area contributed by atoms with Crippen LogP contribution in [0, 0.1) is 24.1 Å². The van der Waals surface area contributed by atoms with Gasteiger partial charge in [0.15, 0.2) is 0 Å². The Morgan fingerprint density at radius 1 is 1.30 bits per heavy atom. The summed E-state index contributed by atoms with van der Waals surface area (Å²) in [7, 11) is 0. The number of amides is 1. The number of fused-ring (bicyclic) bond motifs is 1. The van der Waals surface area contributed by atoms with Crippen LogP contribution in [0.5, 0.6) is 0 Å². The molecule has 1 heterocycles. The number of aryl methyl sites for hydroxylation is 1. The fraction of sp³-hybridized carbons (Fsp3) is 0.111. The Morgan fingerprint density at radius 3 is 2.83 bits per heavy atom. The molecule has 4 nitrogen and oxygen atoms in total. The molecule has 2 N–H and O–H groups in total. The van der Waals surface area contributed by atoms with Gasteiger partial charge in [-0.05, 0) is 36.8 Å². The number of halogens is 1. The summed E-state index contributed by atoms with van der Waals surface area (Å²) >= 11 is 0. The Bertz CT molecular complexity index is 937. The number of H-pyrrole nitrogens is 1. The van der Waals surface area contributed by atoms with E-state index in [4.69, 9.17) is 0 Å². The fourth-order valence-electron chi connectivity index (χ4n) is 2.57. The van der Waals surface area contributed by atoms with E-state index in [9.17, 15) is 14.4 Å². The van der Waals surface area contributed by atoms with E-state index in [-0.39, 0.29) is 18.1 Å². The van der Waals surface area contributed by atoms with Crippen molar-refractivity contribution in [1.82, 2.24) is 4.98 Å². The van der Waals surface area contributed by atoms with Crippen molar-refractivity contribution in [1.29, 1.82) is 5.26 Å². The first-order valence-corrected chi connectivity index (χ1v) is 7.14. The number of anilines is 1. The molecular weight excluding hydrogens is 293 g/mol. The molecule has 1 aromatic heterocycles. The molecule has 0 aliphatic carbocycles. The molecular formula is C18H14FN3O. The van der Waals surface area contributed by atoms with E-state index in [0.717, 1.165) is 10.9 Å². The zero-order valence-corrected chi connectivity index (χ0v) is 12.5. The highest BCUT2D eigenvalue weighted by Gasteiger charge is 2.15. The number of carbonyl (C=O) groups is 1. The smallest absolute Gasteiger partial charge is 0.228 e. The van der Waals surface area contributed by atoms with Crippen LogP contribution in [0.25, 0.3) is 10.9 Å². The number of nitrogens with one attached hydrogen (secondary N) is 2. The van der Waals surface area contributed by atoms with E-state index < -0.39 is 0 Å². The average molecular weight is 307 g/mol. The number of benzene rings is 2. The summed E-state index contributed by atoms with van der Waals surface area (Å²) in [4.78, 5) is 15.3. The lowest BCUT2D eigenvalue weighted by molar-refractivity contribution is -0.115. The van der Waals surface area contributed by atoms with Gasteiger partial charge in [0.2, 0.25) is 5.91 Å². The number of rotatable bonds is 3. The van der Waals surface area contributed by atoms with Gasteiger partial charge in [0.05, 0.1) is 6.42 Å². The van der Waals surface area contributed by atoms with Crippen molar-refractivity contribution in [2.45, 2.75) is 13.3 Å². The minimum Gasteiger partial charge on any atom is -0.346 e. The van der Waals surface area contributed by atoms with Crippen LogP contribution >= 0.6 is 0 Å². The molecule has 2 aromatic carbocycles.